The van der Waals surface area contributed by atoms with Gasteiger partial charge < -0.3 is 19.9 Å². The summed E-state index contributed by atoms with van der Waals surface area (Å²) in [5.41, 5.74) is 5.04. The van der Waals surface area contributed by atoms with Gasteiger partial charge >= 0.3 is 0 Å². The van der Waals surface area contributed by atoms with Crippen molar-refractivity contribution in [3.05, 3.63) is 89.6 Å². The largest absolute Gasteiger partial charge is 0.378 e. The topological polar surface area (TPSA) is 70.2 Å². The van der Waals surface area contributed by atoms with Gasteiger partial charge in [0.15, 0.2) is 0 Å². The Kier molecular flexibility index (Phi) is 6.04. The van der Waals surface area contributed by atoms with Gasteiger partial charge in [-0.25, -0.2) is 4.39 Å². The Morgan fingerprint density at radius 1 is 1.03 bits per heavy atom. The zero-order valence-corrected chi connectivity index (χ0v) is 18.2. The lowest BCUT2D eigenvalue weighted by atomic mass is 10.1. The number of hydrogen-bond donors (Lipinski definition) is 2. The number of carbonyl (C=O) groups is 1. The summed E-state index contributed by atoms with van der Waals surface area (Å²) in [6.07, 6.45) is 5.41. The molecule has 0 spiro atoms. The maximum absolute atomic E-state index is 14.2. The van der Waals surface area contributed by atoms with Crippen LogP contribution in [0, 0.1) is 5.82 Å². The van der Waals surface area contributed by atoms with E-state index in [1.807, 2.05) is 35.2 Å². The summed E-state index contributed by atoms with van der Waals surface area (Å²) in [4.78, 5) is 22.4. The summed E-state index contributed by atoms with van der Waals surface area (Å²) in [5, 5.41) is 3.92. The number of halogens is 1. The SMILES string of the molecule is O=C(Nc1ccc2[nH]c(CCc3ccncc3)cc2c1)c1cc(F)cc(N2CCOCC2)c1. The molecule has 0 bridgehead atoms. The van der Waals surface area contributed by atoms with Crippen molar-refractivity contribution in [2.24, 2.45) is 0 Å². The van der Waals surface area contributed by atoms with Crippen LogP contribution in [0.25, 0.3) is 10.9 Å². The fourth-order valence-corrected chi connectivity index (χ4v) is 4.15. The Morgan fingerprint density at radius 2 is 1.85 bits per heavy atom. The average molecular weight is 445 g/mol. The second-order valence-electron chi connectivity index (χ2n) is 8.20. The third kappa shape index (κ3) is 5.04. The summed E-state index contributed by atoms with van der Waals surface area (Å²) in [6.45, 7) is 2.55. The minimum absolute atomic E-state index is 0.295. The molecule has 0 aliphatic carbocycles. The number of aromatic amines is 1. The van der Waals surface area contributed by atoms with Crippen molar-refractivity contribution in [3.8, 4) is 0 Å². The van der Waals surface area contributed by atoms with Crippen LogP contribution < -0.4 is 10.2 Å². The van der Waals surface area contributed by atoms with E-state index in [4.69, 9.17) is 4.74 Å². The number of nitrogens with zero attached hydrogens (tertiary/aromatic N) is 2. The van der Waals surface area contributed by atoms with Crippen molar-refractivity contribution in [3.63, 3.8) is 0 Å². The van der Waals surface area contributed by atoms with E-state index in [9.17, 15) is 9.18 Å². The Morgan fingerprint density at radius 3 is 2.67 bits per heavy atom. The number of aromatic nitrogens is 2. The molecule has 2 aromatic heterocycles. The van der Waals surface area contributed by atoms with Gasteiger partial charge in [0.2, 0.25) is 0 Å². The number of benzene rings is 2. The lowest BCUT2D eigenvalue weighted by molar-refractivity contribution is 0.102. The molecule has 2 aromatic carbocycles. The predicted octanol–water partition coefficient (Wildman–Crippen LogP) is 4.58. The third-order valence-electron chi connectivity index (χ3n) is 5.89. The van der Waals surface area contributed by atoms with Crippen LogP contribution in [0.15, 0.2) is 67.0 Å². The maximum atomic E-state index is 14.2. The number of ether oxygens (including phenoxy) is 1. The van der Waals surface area contributed by atoms with Gasteiger partial charge in [-0.15, -0.1) is 0 Å². The zero-order valence-electron chi connectivity index (χ0n) is 18.2. The van der Waals surface area contributed by atoms with Crippen LogP contribution in [0.4, 0.5) is 15.8 Å². The summed E-state index contributed by atoms with van der Waals surface area (Å²) in [7, 11) is 0. The van der Waals surface area contributed by atoms with Gasteiger partial charge in [-0.3, -0.25) is 9.78 Å². The van der Waals surface area contributed by atoms with Crippen LogP contribution in [0.3, 0.4) is 0 Å². The molecule has 0 unspecified atom stereocenters. The van der Waals surface area contributed by atoms with E-state index >= 15 is 0 Å². The molecule has 1 aliphatic heterocycles. The van der Waals surface area contributed by atoms with Crippen LogP contribution >= 0.6 is 0 Å². The van der Waals surface area contributed by atoms with E-state index in [1.54, 1.807) is 18.5 Å². The van der Waals surface area contributed by atoms with Crippen molar-refractivity contribution in [2.45, 2.75) is 12.8 Å². The van der Waals surface area contributed by atoms with E-state index in [1.165, 1.54) is 17.7 Å². The minimum atomic E-state index is -0.427. The predicted molar refractivity (Wildman–Crippen MR) is 127 cm³/mol. The van der Waals surface area contributed by atoms with Crippen molar-refractivity contribution in [1.29, 1.82) is 0 Å². The number of morpholine rings is 1. The molecule has 1 amide bonds. The molecule has 0 radical (unpaired) electrons. The highest BCUT2D eigenvalue weighted by molar-refractivity contribution is 6.05. The first-order chi connectivity index (χ1) is 16.1. The number of amides is 1. The molecule has 168 valence electrons. The molecule has 7 heteroatoms. The maximum Gasteiger partial charge on any atom is 0.255 e. The molecule has 0 saturated carbocycles. The lowest BCUT2D eigenvalue weighted by Gasteiger charge is -2.29. The molecule has 2 N–H and O–H groups in total. The van der Waals surface area contributed by atoms with Crippen LogP contribution in [-0.2, 0) is 17.6 Å². The summed E-state index contributed by atoms with van der Waals surface area (Å²) < 4.78 is 19.6. The van der Waals surface area contributed by atoms with Gasteiger partial charge in [0, 0.05) is 59.0 Å². The van der Waals surface area contributed by atoms with Gasteiger partial charge in [-0.1, -0.05) is 0 Å². The molecule has 0 atom stereocenters. The van der Waals surface area contributed by atoms with Gasteiger partial charge in [0.25, 0.3) is 5.91 Å². The average Bonchev–Trinajstić information content (AvgIpc) is 3.26. The van der Waals surface area contributed by atoms with Gasteiger partial charge in [0.1, 0.15) is 5.82 Å². The zero-order chi connectivity index (χ0) is 22.6. The second kappa shape index (κ2) is 9.42. The van der Waals surface area contributed by atoms with Crippen LogP contribution in [0.5, 0.6) is 0 Å². The van der Waals surface area contributed by atoms with Crippen molar-refractivity contribution in [2.75, 3.05) is 36.5 Å². The molecular weight excluding hydrogens is 419 g/mol. The number of fused-ring (bicyclic) bond motifs is 1. The van der Waals surface area contributed by atoms with Gasteiger partial charge in [-0.2, -0.15) is 0 Å². The van der Waals surface area contributed by atoms with Gasteiger partial charge in [0.05, 0.1) is 13.2 Å². The molecule has 3 heterocycles. The Hall–Kier alpha value is -3.71. The molecule has 6 nitrogen and oxygen atoms in total. The monoisotopic (exact) mass is 444 g/mol. The molecule has 33 heavy (non-hydrogen) atoms. The van der Waals surface area contributed by atoms with E-state index in [0.717, 1.165) is 29.4 Å². The fourth-order valence-electron chi connectivity index (χ4n) is 4.15. The molecule has 5 rings (SSSR count). The third-order valence-corrected chi connectivity index (χ3v) is 5.89. The summed E-state index contributed by atoms with van der Waals surface area (Å²) >= 11 is 0. The highest BCUT2D eigenvalue weighted by Crippen LogP contribution is 2.24. The number of rotatable bonds is 6. The Bertz CT molecular complexity index is 1270. The van der Waals surface area contributed by atoms with Crippen LogP contribution in [-0.4, -0.2) is 42.2 Å². The van der Waals surface area contributed by atoms with Crippen molar-refractivity contribution in [1.82, 2.24) is 9.97 Å². The van der Waals surface area contributed by atoms with Crippen molar-refractivity contribution < 1.29 is 13.9 Å². The summed E-state index contributed by atoms with van der Waals surface area (Å²) in [5.74, 6) is -0.763. The van der Waals surface area contributed by atoms with Crippen molar-refractivity contribution >= 4 is 28.2 Å². The summed E-state index contributed by atoms with van der Waals surface area (Å²) in [6, 6.07) is 16.3. The first-order valence-corrected chi connectivity index (χ1v) is 11.1. The number of anilines is 2. The number of pyridine rings is 1. The van der Waals surface area contributed by atoms with Crippen LogP contribution in [0.2, 0.25) is 0 Å². The standard InChI is InChI=1S/C26H25FN4O2/c27-21-13-20(16-24(17-21)31-9-11-33-12-10-31)26(32)30-23-3-4-25-19(15-23)14-22(29-25)2-1-18-5-7-28-8-6-18/h3-8,13-17,29H,1-2,9-12H2,(H,30,32). The van der Waals surface area contributed by atoms with E-state index in [0.29, 0.717) is 43.2 Å². The number of carbonyl (C=O) groups excluding carboxylic acids is 1. The minimum Gasteiger partial charge on any atom is -0.378 e. The number of hydrogen-bond acceptors (Lipinski definition) is 4. The smallest absolute Gasteiger partial charge is 0.255 e. The molecule has 4 aromatic rings. The Balaban J connectivity index is 1.29. The number of aryl methyl sites for hydroxylation is 2. The Labute approximate surface area is 191 Å². The van der Waals surface area contributed by atoms with E-state index < -0.39 is 5.82 Å². The van der Waals surface area contributed by atoms with E-state index in [-0.39, 0.29) is 5.91 Å². The first-order valence-electron chi connectivity index (χ1n) is 11.1. The fraction of sp³-hybridized carbons (Fsp3) is 0.231. The van der Waals surface area contributed by atoms with Crippen LogP contribution in [0.1, 0.15) is 21.6 Å². The highest BCUT2D eigenvalue weighted by atomic mass is 19.1. The number of nitrogens with one attached hydrogen (secondary N) is 2. The molecular formula is C26H25FN4O2. The molecule has 1 saturated heterocycles. The quantitative estimate of drug-likeness (QED) is 0.457. The van der Waals surface area contributed by atoms with Gasteiger partial charge in [-0.05, 0) is 73.0 Å². The normalized spacial score (nSPS) is 13.9. The second-order valence-corrected chi connectivity index (χ2v) is 8.20. The molecule has 1 aliphatic rings. The first kappa shape index (κ1) is 21.2. The lowest BCUT2D eigenvalue weighted by Crippen LogP contribution is -2.36. The highest BCUT2D eigenvalue weighted by Gasteiger charge is 2.16. The van der Waals surface area contributed by atoms with E-state index in [2.05, 4.69) is 21.4 Å². The molecule has 1 fully saturated rings. The number of H-pyrrole nitrogens is 1.